The van der Waals surface area contributed by atoms with E-state index < -0.39 is 0 Å². The summed E-state index contributed by atoms with van der Waals surface area (Å²) in [4.78, 5) is 1.44. The number of benzene rings is 1. The van der Waals surface area contributed by atoms with Gasteiger partial charge in [-0.25, -0.2) is 0 Å². The van der Waals surface area contributed by atoms with Crippen LogP contribution in [-0.2, 0) is 5.41 Å². The van der Waals surface area contributed by atoms with Crippen LogP contribution in [-0.4, -0.2) is 6.54 Å². The van der Waals surface area contributed by atoms with Gasteiger partial charge in [-0.3, -0.25) is 0 Å². The average Bonchev–Trinajstić information content (AvgIpc) is 2.89. The summed E-state index contributed by atoms with van der Waals surface area (Å²) in [6.07, 6.45) is 0. The Hall–Kier alpha value is -1.12. The largest absolute Gasteiger partial charge is 0.309 e. The molecule has 2 aromatic rings. The minimum absolute atomic E-state index is 0.182. The van der Waals surface area contributed by atoms with E-state index in [1.807, 2.05) is 11.3 Å². The molecule has 20 heavy (non-hydrogen) atoms. The number of aryl methyl sites for hydroxylation is 2. The van der Waals surface area contributed by atoms with E-state index in [1.54, 1.807) is 0 Å². The first-order valence-corrected chi connectivity index (χ1v) is 8.12. The number of rotatable bonds is 5. The van der Waals surface area contributed by atoms with Gasteiger partial charge in [-0.15, -0.1) is 11.3 Å². The van der Waals surface area contributed by atoms with Gasteiger partial charge >= 0.3 is 0 Å². The molecule has 1 atom stereocenters. The molecule has 1 N–H and O–H groups in total. The van der Waals surface area contributed by atoms with Gasteiger partial charge in [0.2, 0.25) is 0 Å². The minimum Gasteiger partial charge on any atom is -0.309 e. The Morgan fingerprint density at radius 3 is 2.35 bits per heavy atom. The van der Waals surface area contributed by atoms with Gasteiger partial charge in [0.25, 0.3) is 0 Å². The normalized spacial score (nSPS) is 13.4. The highest BCUT2D eigenvalue weighted by Crippen LogP contribution is 2.27. The second-order valence-electron chi connectivity index (χ2n) is 6.38. The van der Waals surface area contributed by atoms with E-state index in [1.165, 1.54) is 21.6 Å². The summed E-state index contributed by atoms with van der Waals surface area (Å²) in [6.45, 7) is 12.2. The van der Waals surface area contributed by atoms with E-state index in [4.69, 9.17) is 0 Å². The van der Waals surface area contributed by atoms with Gasteiger partial charge in [-0.2, -0.15) is 0 Å². The third-order valence-corrected chi connectivity index (χ3v) is 5.02. The van der Waals surface area contributed by atoms with Gasteiger partial charge in [0.1, 0.15) is 0 Å². The van der Waals surface area contributed by atoms with Crippen LogP contribution in [0.1, 0.15) is 48.4 Å². The average molecular weight is 287 g/mol. The zero-order chi connectivity index (χ0) is 14.8. The van der Waals surface area contributed by atoms with Crippen LogP contribution in [0.4, 0.5) is 0 Å². The van der Waals surface area contributed by atoms with Crippen LogP contribution in [0.5, 0.6) is 0 Å². The van der Waals surface area contributed by atoms with Crippen molar-refractivity contribution in [1.29, 1.82) is 0 Å². The maximum Gasteiger partial charge on any atom is 0.0292 e. The van der Waals surface area contributed by atoms with E-state index in [0.717, 1.165) is 6.54 Å². The van der Waals surface area contributed by atoms with Gasteiger partial charge in [0, 0.05) is 22.9 Å². The zero-order valence-corrected chi connectivity index (χ0v) is 14.0. The van der Waals surface area contributed by atoms with Crippen LogP contribution in [0.15, 0.2) is 35.7 Å². The maximum atomic E-state index is 3.69. The highest BCUT2D eigenvalue weighted by atomic mass is 32.1. The lowest BCUT2D eigenvalue weighted by Gasteiger charge is -2.26. The van der Waals surface area contributed by atoms with Gasteiger partial charge < -0.3 is 5.32 Å². The standard InChI is InChI=1S/C18H25NS/c1-13-9-14(2)11-16(10-13)15(3)19-12-18(4,5)17-7-6-8-20-17/h6-11,15,19H,12H2,1-5H3. The summed E-state index contributed by atoms with van der Waals surface area (Å²) in [6, 6.07) is 11.5. The predicted molar refractivity (Wildman–Crippen MR) is 89.7 cm³/mol. The molecule has 1 heterocycles. The summed E-state index contributed by atoms with van der Waals surface area (Å²) in [5, 5.41) is 5.85. The van der Waals surface area contributed by atoms with Crippen molar-refractivity contribution in [2.75, 3.05) is 6.54 Å². The lowest BCUT2D eigenvalue weighted by atomic mass is 9.90. The van der Waals surface area contributed by atoms with Gasteiger partial charge in [0.15, 0.2) is 0 Å². The molecule has 2 rings (SSSR count). The highest BCUT2D eigenvalue weighted by Gasteiger charge is 2.22. The quantitative estimate of drug-likeness (QED) is 0.816. The second-order valence-corrected chi connectivity index (χ2v) is 7.33. The summed E-state index contributed by atoms with van der Waals surface area (Å²) in [5.41, 5.74) is 4.24. The first-order valence-electron chi connectivity index (χ1n) is 7.24. The SMILES string of the molecule is Cc1cc(C)cc(C(C)NCC(C)(C)c2cccs2)c1. The molecule has 0 aliphatic heterocycles. The molecular formula is C18H25NS. The molecule has 0 aliphatic rings. The Balaban J connectivity index is 2.03. The molecule has 1 aromatic carbocycles. The van der Waals surface area contributed by atoms with E-state index in [9.17, 15) is 0 Å². The molecule has 0 radical (unpaired) electrons. The predicted octanol–water partition coefficient (Wildman–Crippen LogP) is 4.99. The van der Waals surface area contributed by atoms with Gasteiger partial charge in [-0.1, -0.05) is 49.2 Å². The third-order valence-electron chi connectivity index (χ3n) is 3.78. The van der Waals surface area contributed by atoms with Crippen molar-refractivity contribution >= 4 is 11.3 Å². The van der Waals surface area contributed by atoms with E-state index >= 15 is 0 Å². The second kappa shape index (κ2) is 6.11. The van der Waals surface area contributed by atoms with Gasteiger partial charge in [0.05, 0.1) is 0 Å². The topological polar surface area (TPSA) is 12.0 Å². The van der Waals surface area contributed by atoms with E-state index in [0.29, 0.717) is 6.04 Å². The van der Waals surface area contributed by atoms with Crippen molar-refractivity contribution in [2.24, 2.45) is 0 Å². The smallest absolute Gasteiger partial charge is 0.0292 e. The first-order chi connectivity index (χ1) is 9.38. The van der Waals surface area contributed by atoms with Crippen LogP contribution in [0, 0.1) is 13.8 Å². The maximum absolute atomic E-state index is 3.69. The van der Waals surface area contributed by atoms with Crippen LogP contribution in [0.25, 0.3) is 0 Å². The van der Waals surface area contributed by atoms with Crippen LogP contribution < -0.4 is 5.32 Å². The summed E-state index contributed by atoms with van der Waals surface area (Å²) >= 11 is 1.84. The van der Waals surface area contributed by atoms with Crippen molar-refractivity contribution in [1.82, 2.24) is 5.32 Å². The van der Waals surface area contributed by atoms with Crippen LogP contribution in [0.3, 0.4) is 0 Å². The molecule has 1 aromatic heterocycles. The summed E-state index contributed by atoms with van der Waals surface area (Å²) < 4.78 is 0. The fourth-order valence-electron chi connectivity index (χ4n) is 2.54. The first kappa shape index (κ1) is 15.3. The fourth-order valence-corrected chi connectivity index (χ4v) is 3.39. The van der Waals surface area contributed by atoms with E-state index in [2.05, 4.69) is 75.6 Å². The summed E-state index contributed by atoms with van der Waals surface area (Å²) in [5.74, 6) is 0. The highest BCUT2D eigenvalue weighted by molar-refractivity contribution is 7.10. The van der Waals surface area contributed by atoms with Crippen molar-refractivity contribution in [3.8, 4) is 0 Å². The van der Waals surface area contributed by atoms with Gasteiger partial charge in [-0.05, 0) is 37.8 Å². The Kier molecular flexibility index (Phi) is 4.66. The summed E-state index contributed by atoms with van der Waals surface area (Å²) in [7, 11) is 0. The molecule has 1 unspecified atom stereocenters. The number of hydrogen-bond donors (Lipinski definition) is 1. The van der Waals surface area contributed by atoms with Crippen LogP contribution >= 0.6 is 11.3 Å². The molecule has 0 saturated carbocycles. The number of thiophene rings is 1. The Labute approximate surface area is 127 Å². The minimum atomic E-state index is 0.182. The number of nitrogens with one attached hydrogen (secondary N) is 1. The van der Waals surface area contributed by atoms with Crippen LogP contribution in [0.2, 0.25) is 0 Å². The fraction of sp³-hybridized carbons (Fsp3) is 0.444. The lowest BCUT2D eigenvalue weighted by molar-refractivity contribution is 0.441. The van der Waals surface area contributed by atoms with E-state index in [-0.39, 0.29) is 5.41 Å². The lowest BCUT2D eigenvalue weighted by Crippen LogP contribution is -2.33. The Morgan fingerprint density at radius 2 is 1.80 bits per heavy atom. The number of hydrogen-bond acceptors (Lipinski definition) is 2. The molecular weight excluding hydrogens is 262 g/mol. The van der Waals surface area contributed by atoms with Crippen molar-refractivity contribution in [3.63, 3.8) is 0 Å². The molecule has 2 heteroatoms. The monoisotopic (exact) mass is 287 g/mol. The molecule has 0 amide bonds. The van der Waals surface area contributed by atoms with Crippen molar-refractivity contribution < 1.29 is 0 Å². The van der Waals surface area contributed by atoms with Crippen molar-refractivity contribution in [2.45, 2.75) is 46.1 Å². The molecule has 0 aliphatic carbocycles. The Morgan fingerprint density at radius 1 is 1.15 bits per heavy atom. The molecule has 0 saturated heterocycles. The Bertz CT molecular complexity index is 535. The zero-order valence-electron chi connectivity index (χ0n) is 13.2. The third kappa shape index (κ3) is 3.71. The molecule has 1 nitrogen and oxygen atoms in total. The molecule has 0 fully saturated rings. The molecule has 0 bridgehead atoms. The molecule has 108 valence electrons. The molecule has 0 spiro atoms. The van der Waals surface area contributed by atoms with Crippen molar-refractivity contribution in [3.05, 3.63) is 57.3 Å².